The lowest BCUT2D eigenvalue weighted by molar-refractivity contribution is 0.178. The molecule has 1 atom stereocenters. The Morgan fingerprint density at radius 2 is 1.95 bits per heavy atom. The number of hydrogen-bond donors (Lipinski definition) is 1. The molecule has 0 aromatic heterocycles. The lowest BCUT2D eigenvalue weighted by Crippen LogP contribution is -2.51. The first-order valence-corrected chi connectivity index (χ1v) is 6.48. The fraction of sp³-hybridized carbons (Fsp3) is 0.571. The second kappa shape index (κ2) is 9.43. The number of hydrogen-bond acceptors (Lipinski definition) is 3. The van der Waals surface area contributed by atoms with Gasteiger partial charge in [-0.05, 0) is 19.1 Å². The molecule has 0 bridgehead atoms. The van der Waals surface area contributed by atoms with Crippen LogP contribution in [0.2, 0.25) is 0 Å². The predicted molar refractivity (Wildman–Crippen MR) is 88.1 cm³/mol. The van der Waals surface area contributed by atoms with Crippen LogP contribution in [0.25, 0.3) is 0 Å². The standard InChI is InChI=1S/C14H23N3.2ClH/c1-13-12-15-8-9-17(13)11-10-16(2)14-6-4-3-5-7-14;;/h3-7,13,15H,8-12H2,1-2H3;2*1H/t13-;;/m1../s1. The van der Waals surface area contributed by atoms with Gasteiger partial charge in [0, 0.05) is 51.5 Å². The second-order valence-electron chi connectivity index (χ2n) is 4.85. The quantitative estimate of drug-likeness (QED) is 0.920. The maximum Gasteiger partial charge on any atom is 0.0364 e. The van der Waals surface area contributed by atoms with E-state index >= 15 is 0 Å². The van der Waals surface area contributed by atoms with Gasteiger partial charge < -0.3 is 10.2 Å². The number of likely N-dealkylation sites (N-methyl/N-ethyl adjacent to an activating group) is 1. The van der Waals surface area contributed by atoms with E-state index in [0.29, 0.717) is 6.04 Å². The second-order valence-corrected chi connectivity index (χ2v) is 4.85. The zero-order valence-corrected chi connectivity index (χ0v) is 13.3. The maximum absolute atomic E-state index is 3.43. The molecule has 0 unspecified atom stereocenters. The Kier molecular flexibility index (Phi) is 9.19. The molecule has 110 valence electrons. The van der Waals surface area contributed by atoms with Crippen molar-refractivity contribution in [1.29, 1.82) is 0 Å². The van der Waals surface area contributed by atoms with E-state index in [-0.39, 0.29) is 24.8 Å². The van der Waals surface area contributed by atoms with Gasteiger partial charge in [0.1, 0.15) is 0 Å². The monoisotopic (exact) mass is 305 g/mol. The summed E-state index contributed by atoms with van der Waals surface area (Å²) in [5.74, 6) is 0. The summed E-state index contributed by atoms with van der Waals surface area (Å²) in [7, 11) is 2.17. The van der Waals surface area contributed by atoms with Crippen molar-refractivity contribution in [3.8, 4) is 0 Å². The minimum absolute atomic E-state index is 0. The van der Waals surface area contributed by atoms with E-state index in [1.54, 1.807) is 0 Å². The van der Waals surface area contributed by atoms with E-state index in [2.05, 4.69) is 59.4 Å². The summed E-state index contributed by atoms with van der Waals surface area (Å²) in [5, 5.41) is 3.43. The molecule has 1 heterocycles. The van der Waals surface area contributed by atoms with Crippen molar-refractivity contribution < 1.29 is 0 Å². The molecular formula is C14H25Cl2N3. The number of halogens is 2. The van der Waals surface area contributed by atoms with E-state index < -0.39 is 0 Å². The van der Waals surface area contributed by atoms with Gasteiger partial charge in [0.05, 0.1) is 0 Å². The summed E-state index contributed by atoms with van der Waals surface area (Å²) in [5.41, 5.74) is 1.30. The Morgan fingerprint density at radius 3 is 2.58 bits per heavy atom. The topological polar surface area (TPSA) is 18.5 Å². The largest absolute Gasteiger partial charge is 0.373 e. The summed E-state index contributed by atoms with van der Waals surface area (Å²) < 4.78 is 0. The molecule has 1 aromatic rings. The summed E-state index contributed by atoms with van der Waals surface area (Å²) in [6, 6.07) is 11.3. The fourth-order valence-electron chi connectivity index (χ4n) is 2.31. The number of anilines is 1. The van der Waals surface area contributed by atoms with Crippen LogP contribution in [0.5, 0.6) is 0 Å². The molecule has 0 amide bonds. The molecule has 0 radical (unpaired) electrons. The molecule has 0 aliphatic carbocycles. The van der Waals surface area contributed by atoms with Gasteiger partial charge in [-0.1, -0.05) is 18.2 Å². The van der Waals surface area contributed by atoms with Gasteiger partial charge in [-0.25, -0.2) is 0 Å². The van der Waals surface area contributed by atoms with Gasteiger partial charge >= 0.3 is 0 Å². The third-order valence-corrected chi connectivity index (χ3v) is 3.56. The third-order valence-electron chi connectivity index (χ3n) is 3.56. The maximum atomic E-state index is 3.43. The first-order valence-electron chi connectivity index (χ1n) is 6.48. The Hall–Kier alpha value is -0.480. The highest BCUT2D eigenvalue weighted by Crippen LogP contribution is 2.11. The number of piperazine rings is 1. The fourth-order valence-corrected chi connectivity index (χ4v) is 2.31. The normalized spacial score (nSPS) is 19.2. The van der Waals surface area contributed by atoms with Gasteiger partial charge in [-0.15, -0.1) is 24.8 Å². The number of para-hydroxylation sites is 1. The van der Waals surface area contributed by atoms with E-state index in [9.17, 15) is 0 Å². The minimum atomic E-state index is 0. The number of rotatable bonds is 4. The molecule has 1 aromatic carbocycles. The Labute approximate surface area is 129 Å². The smallest absolute Gasteiger partial charge is 0.0364 e. The molecule has 0 spiro atoms. The first-order chi connectivity index (χ1) is 8.27. The van der Waals surface area contributed by atoms with Crippen LogP contribution < -0.4 is 10.2 Å². The van der Waals surface area contributed by atoms with Crippen LogP contribution in [-0.4, -0.2) is 50.7 Å². The molecule has 5 heteroatoms. The minimum Gasteiger partial charge on any atom is -0.373 e. The summed E-state index contributed by atoms with van der Waals surface area (Å²) in [4.78, 5) is 4.89. The van der Waals surface area contributed by atoms with Crippen LogP contribution in [0.4, 0.5) is 5.69 Å². The van der Waals surface area contributed by atoms with E-state index in [0.717, 1.165) is 26.2 Å². The van der Waals surface area contributed by atoms with Crippen LogP contribution in [0.1, 0.15) is 6.92 Å². The molecule has 1 saturated heterocycles. The van der Waals surface area contributed by atoms with Crippen molar-refractivity contribution in [3.63, 3.8) is 0 Å². The Balaban J connectivity index is 0.00000162. The van der Waals surface area contributed by atoms with E-state index in [4.69, 9.17) is 0 Å². The van der Waals surface area contributed by atoms with Gasteiger partial charge in [0.15, 0.2) is 0 Å². The lowest BCUT2D eigenvalue weighted by Gasteiger charge is -2.35. The Morgan fingerprint density at radius 1 is 1.26 bits per heavy atom. The van der Waals surface area contributed by atoms with Crippen molar-refractivity contribution in [2.75, 3.05) is 44.7 Å². The van der Waals surface area contributed by atoms with Gasteiger partial charge in [-0.2, -0.15) is 0 Å². The van der Waals surface area contributed by atoms with Crippen LogP contribution >= 0.6 is 24.8 Å². The summed E-state index contributed by atoms with van der Waals surface area (Å²) in [6.45, 7) is 7.95. The summed E-state index contributed by atoms with van der Waals surface area (Å²) in [6.07, 6.45) is 0. The molecule has 19 heavy (non-hydrogen) atoms. The highest BCUT2D eigenvalue weighted by atomic mass is 35.5. The van der Waals surface area contributed by atoms with Gasteiger partial charge in [0.25, 0.3) is 0 Å². The van der Waals surface area contributed by atoms with Gasteiger partial charge in [0.2, 0.25) is 0 Å². The lowest BCUT2D eigenvalue weighted by atomic mass is 10.2. The molecule has 3 nitrogen and oxygen atoms in total. The van der Waals surface area contributed by atoms with Crippen LogP contribution in [0.3, 0.4) is 0 Å². The molecule has 0 saturated carbocycles. The molecule has 1 aliphatic rings. The van der Waals surface area contributed by atoms with Crippen molar-refractivity contribution >= 4 is 30.5 Å². The SMILES string of the molecule is C[C@@H]1CNCCN1CCN(C)c1ccccc1.Cl.Cl. The molecule has 1 N–H and O–H groups in total. The van der Waals surface area contributed by atoms with Gasteiger partial charge in [-0.3, -0.25) is 4.90 Å². The zero-order valence-electron chi connectivity index (χ0n) is 11.7. The third kappa shape index (κ3) is 5.57. The number of benzene rings is 1. The predicted octanol–water partition coefficient (Wildman–Crippen LogP) is 2.26. The molecular weight excluding hydrogens is 281 g/mol. The van der Waals surface area contributed by atoms with Crippen LogP contribution in [0.15, 0.2) is 30.3 Å². The van der Waals surface area contributed by atoms with Crippen molar-refractivity contribution in [2.24, 2.45) is 0 Å². The zero-order chi connectivity index (χ0) is 12.1. The van der Waals surface area contributed by atoms with Crippen LogP contribution in [0, 0.1) is 0 Å². The van der Waals surface area contributed by atoms with Crippen LogP contribution in [-0.2, 0) is 0 Å². The molecule has 2 rings (SSSR count). The van der Waals surface area contributed by atoms with E-state index in [1.165, 1.54) is 12.2 Å². The van der Waals surface area contributed by atoms with E-state index in [1.807, 2.05) is 0 Å². The highest BCUT2D eigenvalue weighted by Gasteiger charge is 2.17. The average molecular weight is 306 g/mol. The highest BCUT2D eigenvalue weighted by molar-refractivity contribution is 5.85. The Bertz CT molecular complexity index is 335. The van der Waals surface area contributed by atoms with Crippen molar-refractivity contribution in [2.45, 2.75) is 13.0 Å². The number of nitrogens with zero attached hydrogens (tertiary/aromatic N) is 2. The first kappa shape index (κ1) is 18.5. The average Bonchev–Trinajstić information content (AvgIpc) is 2.38. The molecule has 1 aliphatic heterocycles. The summed E-state index contributed by atoms with van der Waals surface area (Å²) >= 11 is 0. The number of nitrogens with one attached hydrogen (secondary N) is 1. The van der Waals surface area contributed by atoms with Crippen molar-refractivity contribution in [3.05, 3.63) is 30.3 Å². The molecule has 1 fully saturated rings. The van der Waals surface area contributed by atoms with Crippen molar-refractivity contribution in [1.82, 2.24) is 10.2 Å².